The molecule has 16 heavy (non-hydrogen) atoms. The van der Waals surface area contributed by atoms with Gasteiger partial charge >= 0.3 is 0 Å². The number of carbonyl (C=O) groups excluding carboxylic acids is 1. The largest absolute Gasteiger partial charge is 0.311 e. The maximum absolute atomic E-state index is 11.8. The molecule has 2 bridgehead atoms. The van der Waals surface area contributed by atoms with Crippen LogP contribution >= 0.6 is 12.0 Å². The summed E-state index contributed by atoms with van der Waals surface area (Å²) in [6, 6.07) is 0.646. The molecule has 2 atom stereocenters. The molecule has 1 amide bonds. The molecule has 0 saturated carbocycles. The standard InChI is InChI=1S/C9H16N2O4S/c1-14-15-16-9(8(12)11-13)4-6-2-3-7(5-9)10-6/h6-7,10,13H,2-5H2,1H3,(H,11,12). The second kappa shape index (κ2) is 4.89. The molecule has 92 valence electrons. The van der Waals surface area contributed by atoms with Crippen molar-refractivity contribution >= 4 is 17.9 Å². The van der Waals surface area contributed by atoms with Crippen molar-refractivity contribution in [2.75, 3.05) is 7.11 Å². The zero-order valence-electron chi connectivity index (χ0n) is 9.06. The molecule has 7 heteroatoms. The molecule has 2 rings (SSSR count). The minimum absolute atomic E-state index is 0.323. The fourth-order valence-electron chi connectivity index (χ4n) is 2.60. The first-order chi connectivity index (χ1) is 7.70. The van der Waals surface area contributed by atoms with Crippen molar-refractivity contribution < 1.29 is 19.2 Å². The molecule has 6 nitrogen and oxygen atoms in total. The monoisotopic (exact) mass is 248 g/mol. The third kappa shape index (κ3) is 2.18. The minimum atomic E-state index is -0.748. The molecule has 2 heterocycles. The van der Waals surface area contributed by atoms with Gasteiger partial charge in [0.05, 0.1) is 7.11 Å². The summed E-state index contributed by atoms with van der Waals surface area (Å²) in [5.74, 6) is -0.409. The van der Waals surface area contributed by atoms with Crippen LogP contribution in [0.4, 0.5) is 0 Å². The van der Waals surface area contributed by atoms with Crippen LogP contribution in [0.15, 0.2) is 0 Å². The number of fused-ring (bicyclic) bond motifs is 2. The van der Waals surface area contributed by atoms with Crippen molar-refractivity contribution in [1.82, 2.24) is 10.8 Å². The Morgan fingerprint density at radius 3 is 2.62 bits per heavy atom. The van der Waals surface area contributed by atoms with Gasteiger partial charge in [-0.2, -0.15) is 4.33 Å². The van der Waals surface area contributed by atoms with Gasteiger partial charge in [-0.3, -0.25) is 10.0 Å². The van der Waals surface area contributed by atoms with E-state index in [4.69, 9.17) is 9.54 Å². The van der Waals surface area contributed by atoms with Gasteiger partial charge in [0.2, 0.25) is 0 Å². The van der Waals surface area contributed by atoms with Crippen LogP contribution in [0.5, 0.6) is 0 Å². The molecule has 0 aromatic heterocycles. The molecule has 2 fully saturated rings. The van der Waals surface area contributed by atoms with E-state index >= 15 is 0 Å². The van der Waals surface area contributed by atoms with Gasteiger partial charge in [-0.1, -0.05) is 0 Å². The van der Waals surface area contributed by atoms with E-state index in [0.29, 0.717) is 24.9 Å². The first-order valence-corrected chi connectivity index (χ1v) is 6.03. The van der Waals surface area contributed by atoms with Crippen molar-refractivity contribution in [2.45, 2.75) is 42.5 Å². The van der Waals surface area contributed by atoms with E-state index in [1.165, 1.54) is 7.11 Å². The first-order valence-electron chi connectivity index (χ1n) is 5.29. The minimum Gasteiger partial charge on any atom is -0.311 e. The Bertz CT molecular complexity index is 264. The number of nitrogens with one attached hydrogen (secondary N) is 2. The van der Waals surface area contributed by atoms with Gasteiger partial charge in [0.25, 0.3) is 5.91 Å². The van der Waals surface area contributed by atoms with Gasteiger partial charge in [0.15, 0.2) is 0 Å². The van der Waals surface area contributed by atoms with Crippen molar-refractivity contribution in [2.24, 2.45) is 0 Å². The quantitative estimate of drug-likeness (QED) is 0.289. The third-order valence-electron chi connectivity index (χ3n) is 3.26. The van der Waals surface area contributed by atoms with E-state index in [9.17, 15) is 4.79 Å². The van der Waals surface area contributed by atoms with Crippen LogP contribution in [0.1, 0.15) is 25.7 Å². The third-order valence-corrected chi connectivity index (χ3v) is 4.31. The molecule has 2 aliphatic heterocycles. The lowest BCUT2D eigenvalue weighted by atomic mass is 9.91. The highest BCUT2D eigenvalue weighted by molar-refractivity contribution is 7.96. The van der Waals surface area contributed by atoms with Crippen LogP contribution in [-0.2, 0) is 14.0 Å². The van der Waals surface area contributed by atoms with Crippen LogP contribution < -0.4 is 10.8 Å². The Balaban J connectivity index is 2.11. The van der Waals surface area contributed by atoms with Crippen LogP contribution in [0.2, 0.25) is 0 Å². The first kappa shape index (κ1) is 12.1. The highest BCUT2D eigenvalue weighted by Gasteiger charge is 2.50. The summed E-state index contributed by atoms with van der Waals surface area (Å²) in [5, 5.41) is 12.2. The fraction of sp³-hybridized carbons (Fsp3) is 0.889. The molecular weight excluding hydrogens is 232 g/mol. The average Bonchev–Trinajstić information content (AvgIpc) is 2.65. The van der Waals surface area contributed by atoms with Crippen LogP contribution in [-0.4, -0.2) is 35.1 Å². The molecule has 0 radical (unpaired) electrons. The summed E-state index contributed by atoms with van der Waals surface area (Å²) >= 11 is 0.991. The topological polar surface area (TPSA) is 79.8 Å². The Morgan fingerprint density at radius 2 is 2.12 bits per heavy atom. The second-order valence-electron chi connectivity index (χ2n) is 4.30. The van der Waals surface area contributed by atoms with Gasteiger partial charge in [0.1, 0.15) is 4.75 Å². The number of amides is 1. The normalized spacial score (nSPS) is 37.4. The number of rotatable bonds is 4. The molecule has 2 unspecified atom stereocenters. The van der Waals surface area contributed by atoms with Crippen LogP contribution in [0.25, 0.3) is 0 Å². The number of carbonyl (C=O) groups is 1. The van der Waals surface area contributed by atoms with Gasteiger partial charge in [-0.05, 0) is 25.7 Å². The SMILES string of the molecule is COOSC1(C(=O)NO)CC2CCC(C1)N2. The summed E-state index contributed by atoms with van der Waals surface area (Å²) in [6.45, 7) is 0. The predicted molar refractivity (Wildman–Crippen MR) is 57.5 cm³/mol. The smallest absolute Gasteiger partial charge is 0.262 e. The summed E-state index contributed by atoms with van der Waals surface area (Å²) < 4.78 is 4.09. The van der Waals surface area contributed by atoms with E-state index < -0.39 is 10.7 Å². The number of hydrogen-bond donors (Lipinski definition) is 3. The number of hydroxylamine groups is 1. The van der Waals surface area contributed by atoms with E-state index in [1.54, 1.807) is 5.48 Å². The summed E-state index contributed by atoms with van der Waals surface area (Å²) in [4.78, 5) is 16.3. The van der Waals surface area contributed by atoms with Crippen LogP contribution in [0.3, 0.4) is 0 Å². The Morgan fingerprint density at radius 1 is 1.50 bits per heavy atom. The van der Waals surface area contributed by atoms with E-state index in [2.05, 4.69) is 10.2 Å². The second-order valence-corrected chi connectivity index (χ2v) is 5.38. The van der Waals surface area contributed by atoms with Gasteiger partial charge in [-0.15, -0.1) is 0 Å². The summed E-state index contributed by atoms with van der Waals surface area (Å²) in [6.07, 6.45) is 3.42. The molecule has 3 N–H and O–H groups in total. The maximum Gasteiger partial charge on any atom is 0.262 e. The lowest BCUT2D eigenvalue weighted by molar-refractivity contribution is -0.163. The number of hydrogen-bond acceptors (Lipinski definition) is 6. The van der Waals surface area contributed by atoms with E-state index in [1.807, 2.05) is 0 Å². The number of piperidine rings is 1. The van der Waals surface area contributed by atoms with Gasteiger partial charge < -0.3 is 5.32 Å². The van der Waals surface area contributed by atoms with E-state index in [-0.39, 0.29) is 0 Å². The molecule has 0 aromatic rings. The molecule has 0 aromatic carbocycles. The lowest BCUT2D eigenvalue weighted by Crippen LogP contribution is -2.54. The Labute approximate surface area is 98.1 Å². The maximum atomic E-state index is 11.8. The molecule has 2 saturated heterocycles. The molecule has 0 spiro atoms. The molecular formula is C9H16N2O4S. The van der Waals surface area contributed by atoms with Crippen molar-refractivity contribution in [1.29, 1.82) is 0 Å². The zero-order chi connectivity index (χ0) is 11.6. The summed E-state index contributed by atoms with van der Waals surface area (Å²) in [5.41, 5.74) is 1.73. The Hall–Kier alpha value is -0.340. The highest BCUT2D eigenvalue weighted by Crippen LogP contribution is 2.43. The average molecular weight is 248 g/mol. The van der Waals surface area contributed by atoms with Crippen molar-refractivity contribution in [3.05, 3.63) is 0 Å². The zero-order valence-corrected chi connectivity index (χ0v) is 9.88. The van der Waals surface area contributed by atoms with Crippen LogP contribution in [0, 0.1) is 0 Å². The Kier molecular flexibility index (Phi) is 3.70. The summed E-state index contributed by atoms with van der Waals surface area (Å²) in [7, 11) is 1.40. The molecule has 0 aliphatic carbocycles. The molecule has 2 aliphatic rings. The van der Waals surface area contributed by atoms with E-state index in [0.717, 1.165) is 24.9 Å². The van der Waals surface area contributed by atoms with Crippen molar-refractivity contribution in [3.63, 3.8) is 0 Å². The van der Waals surface area contributed by atoms with Crippen molar-refractivity contribution in [3.8, 4) is 0 Å². The predicted octanol–water partition coefficient (Wildman–Crippen LogP) is 0.371. The lowest BCUT2D eigenvalue weighted by Gasteiger charge is -2.37. The van der Waals surface area contributed by atoms with Gasteiger partial charge in [0, 0.05) is 24.1 Å². The van der Waals surface area contributed by atoms with Gasteiger partial charge in [-0.25, -0.2) is 10.4 Å². The highest BCUT2D eigenvalue weighted by atomic mass is 32.2. The fourth-order valence-corrected chi connectivity index (χ4v) is 3.45.